The van der Waals surface area contributed by atoms with Crippen LogP contribution < -0.4 is 0 Å². The van der Waals surface area contributed by atoms with Gasteiger partial charge in [-0.1, -0.05) is 0 Å². The van der Waals surface area contributed by atoms with Gasteiger partial charge in [0.2, 0.25) is 0 Å². The van der Waals surface area contributed by atoms with E-state index in [9.17, 15) is 9.59 Å². The molecule has 1 aromatic heterocycles. The number of hydrogen-bond acceptors (Lipinski definition) is 5. The molecule has 4 N–H and O–H groups in total. The molecular weight excluding hydrogens is 184 g/mol. The molecule has 7 nitrogen and oxygen atoms in total. The average molecular weight is 188 g/mol. The topological polar surface area (TPSA) is 128 Å². The van der Waals surface area contributed by atoms with Crippen molar-refractivity contribution in [2.75, 3.05) is 0 Å². The van der Waals surface area contributed by atoms with E-state index in [-0.39, 0.29) is 0 Å². The molecule has 1 rings (SSSR count). The van der Waals surface area contributed by atoms with Crippen molar-refractivity contribution in [3.05, 3.63) is 11.1 Å². The maximum Gasteiger partial charge on any atom is 0.344 e. The van der Waals surface area contributed by atoms with Gasteiger partial charge in [-0.05, 0) is 0 Å². The minimum Gasteiger partial charge on any atom is -0.480 e. The Morgan fingerprint density at radius 3 is 1.46 bits per heavy atom. The zero-order valence-corrected chi connectivity index (χ0v) is 6.01. The van der Waals surface area contributed by atoms with Crippen molar-refractivity contribution in [3.63, 3.8) is 0 Å². The number of rotatable bonds is 2. The second-order valence-electron chi connectivity index (χ2n) is 2.07. The summed E-state index contributed by atoms with van der Waals surface area (Å²) in [6.45, 7) is 0. The van der Waals surface area contributed by atoms with E-state index in [1.165, 1.54) is 0 Å². The van der Waals surface area contributed by atoms with Crippen LogP contribution in [-0.2, 0) is 0 Å². The summed E-state index contributed by atoms with van der Waals surface area (Å²) in [5.74, 6) is -5.66. The smallest absolute Gasteiger partial charge is 0.344 e. The largest absolute Gasteiger partial charge is 0.480 e. The summed E-state index contributed by atoms with van der Waals surface area (Å²) in [5, 5.41) is 34.3. The number of carboxylic acids is 2. The predicted molar refractivity (Wildman–Crippen MR) is 36.0 cm³/mol. The Bertz CT molecular complexity index is 340. The lowest BCUT2D eigenvalue weighted by Gasteiger charge is -1.90. The van der Waals surface area contributed by atoms with Crippen LogP contribution in [0, 0.1) is 0 Å². The van der Waals surface area contributed by atoms with Crippen LogP contribution in [0.25, 0.3) is 0 Å². The van der Waals surface area contributed by atoms with E-state index in [0.29, 0.717) is 0 Å². The monoisotopic (exact) mass is 188 g/mol. The van der Waals surface area contributed by atoms with Gasteiger partial charge >= 0.3 is 23.8 Å². The SMILES string of the molecule is O=C(O)c1c(O)oc(O)c1C(=O)O. The number of carboxylic acid groups (broad SMARTS) is 2. The second-order valence-corrected chi connectivity index (χ2v) is 2.07. The molecule has 1 aromatic rings. The van der Waals surface area contributed by atoms with E-state index in [1.54, 1.807) is 0 Å². The van der Waals surface area contributed by atoms with Crippen LogP contribution in [0.3, 0.4) is 0 Å². The lowest BCUT2D eigenvalue weighted by atomic mass is 10.2. The number of carbonyl (C=O) groups is 2. The molecule has 0 aliphatic carbocycles. The first kappa shape index (κ1) is 8.91. The van der Waals surface area contributed by atoms with E-state index < -0.39 is 35.0 Å². The normalized spacial score (nSPS) is 9.85. The second kappa shape index (κ2) is 2.70. The van der Waals surface area contributed by atoms with Gasteiger partial charge in [0.1, 0.15) is 0 Å². The standard InChI is InChI=1S/C6H4O7/c7-3(8)1-2(4(9)10)6(12)13-5(1)11/h11-12H,(H,7,8)(H,9,10). The molecule has 0 saturated carbocycles. The predicted octanol–water partition coefficient (Wildman–Crippen LogP) is 0.0872. The van der Waals surface area contributed by atoms with Crippen LogP contribution in [0.5, 0.6) is 11.9 Å². The van der Waals surface area contributed by atoms with Crippen molar-refractivity contribution in [1.82, 2.24) is 0 Å². The van der Waals surface area contributed by atoms with Crippen LogP contribution in [0.4, 0.5) is 0 Å². The lowest BCUT2D eigenvalue weighted by Crippen LogP contribution is -2.04. The van der Waals surface area contributed by atoms with E-state index in [4.69, 9.17) is 20.4 Å². The Hall–Kier alpha value is -2.18. The first-order valence-corrected chi connectivity index (χ1v) is 2.96. The first-order chi connectivity index (χ1) is 5.95. The number of aromatic carboxylic acids is 2. The third kappa shape index (κ3) is 1.26. The fraction of sp³-hybridized carbons (Fsp3) is 0. The van der Waals surface area contributed by atoms with Gasteiger partial charge in [0.15, 0.2) is 11.1 Å². The molecule has 0 unspecified atom stereocenters. The van der Waals surface area contributed by atoms with Crippen LogP contribution in [0.1, 0.15) is 20.7 Å². The molecule has 0 aromatic carbocycles. The van der Waals surface area contributed by atoms with Gasteiger partial charge < -0.3 is 24.8 Å². The molecule has 0 saturated heterocycles. The Kier molecular flexibility index (Phi) is 1.85. The summed E-state index contributed by atoms with van der Waals surface area (Å²) in [6.07, 6.45) is 0. The van der Waals surface area contributed by atoms with E-state index >= 15 is 0 Å². The fourth-order valence-electron chi connectivity index (χ4n) is 0.804. The highest BCUT2D eigenvalue weighted by atomic mass is 16.5. The lowest BCUT2D eigenvalue weighted by molar-refractivity contribution is 0.0648. The molecule has 0 aliphatic rings. The van der Waals surface area contributed by atoms with Gasteiger partial charge in [0, 0.05) is 0 Å². The van der Waals surface area contributed by atoms with Crippen molar-refractivity contribution < 1.29 is 34.4 Å². The minimum atomic E-state index is -1.70. The molecule has 0 fully saturated rings. The Balaban J connectivity index is 3.47. The summed E-state index contributed by atoms with van der Waals surface area (Å²) in [5.41, 5.74) is -1.94. The first-order valence-electron chi connectivity index (χ1n) is 2.96. The van der Waals surface area contributed by atoms with Crippen LogP contribution in [0.15, 0.2) is 4.42 Å². The van der Waals surface area contributed by atoms with Gasteiger partial charge in [-0.15, -0.1) is 0 Å². The van der Waals surface area contributed by atoms with Crippen molar-refractivity contribution in [1.29, 1.82) is 0 Å². The molecule has 0 bridgehead atoms. The zero-order chi connectivity index (χ0) is 10.2. The highest BCUT2D eigenvalue weighted by Gasteiger charge is 2.30. The molecule has 0 atom stereocenters. The Morgan fingerprint density at radius 2 is 1.23 bits per heavy atom. The quantitative estimate of drug-likeness (QED) is 0.517. The third-order valence-corrected chi connectivity index (χ3v) is 1.30. The summed E-state index contributed by atoms with van der Waals surface area (Å²) >= 11 is 0. The molecule has 0 radical (unpaired) electrons. The van der Waals surface area contributed by atoms with Gasteiger partial charge in [-0.2, -0.15) is 0 Å². The molecular formula is C6H4O7. The van der Waals surface area contributed by atoms with Crippen LogP contribution in [0.2, 0.25) is 0 Å². The van der Waals surface area contributed by atoms with Crippen molar-refractivity contribution >= 4 is 11.9 Å². The molecule has 0 amide bonds. The highest BCUT2D eigenvalue weighted by molar-refractivity contribution is 6.04. The summed E-state index contributed by atoms with van der Waals surface area (Å²) < 4.78 is 4.02. The van der Waals surface area contributed by atoms with Gasteiger partial charge in [0.05, 0.1) is 0 Å². The van der Waals surface area contributed by atoms with Crippen molar-refractivity contribution in [3.8, 4) is 11.9 Å². The fourth-order valence-corrected chi connectivity index (χ4v) is 0.804. The van der Waals surface area contributed by atoms with E-state index in [0.717, 1.165) is 0 Å². The molecule has 13 heavy (non-hydrogen) atoms. The molecule has 70 valence electrons. The number of furan rings is 1. The van der Waals surface area contributed by atoms with Crippen molar-refractivity contribution in [2.45, 2.75) is 0 Å². The maximum atomic E-state index is 10.4. The van der Waals surface area contributed by atoms with Crippen LogP contribution in [-0.4, -0.2) is 32.4 Å². The summed E-state index contributed by atoms with van der Waals surface area (Å²) in [7, 11) is 0. The Morgan fingerprint density at radius 1 is 0.923 bits per heavy atom. The highest BCUT2D eigenvalue weighted by Crippen LogP contribution is 2.32. The molecule has 7 heteroatoms. The Labute approximate surface area is 70.5 Å². The van der Waals surface area contributed by atoms with Crippen molar-refractivity contribution in [2.24, 2.45) is 0 Å². The maximum absolute atomic E-state index is 10.4. The molecule has 0 aliphatic heterocycles. The van der Waals surface area contributed by atoms with Gasteiger partial charge in [-0.3, -0.25) is 0 Å². The minimum absolute atomic E-state index is 0.968. The number of aromatic hydroxyl groups is 2. The van der Waals surface area contributed by atoms with Gasteiger partial charge in [0.25, 0.3) is 0 Å². The summed E-state index contributed by atoms with van der Waals surface area (Å²) in [4.78, 5) is 20.7. The molecule has 0 spiro atoms. The molecule has 1 heterocycles. The van der Waals surface area contributed by atoms with Gasteiger partial charge in [-0.25, -0.2) is 9.59 Å². The van der Waals surface area contributed by atoms with E-state index in [2.05, 4.69) is 4.42 Å². The average Bonchev–Trinajstić information content (AvgIpc) is 2.24. The zero-order valence-electron chi connectivity index (χ0n) is 6.01. The van der Waals surface area contributed by atoms with E-state index in [1.807, 2.05) is 0 Å². The van der Waals surface area contributed by atoms with Crippen LogP contribution >= 0.6 is 0 Å². The third-order valence-electron chi connectivity index (χ3n) is 1.30. The summed E-state index contributed by atoms with van der Waals surface area (Å²) in [6, 6.07) is 0. The number of hydrogen-bond donors (Lipinski definition) is 4.